The van der Waals surface area contributed by atoms with Gasteiger partial charge in [0.25, 0.3) is 5.56 Å². The lowest BCUT2D eigenvalue weighted by atomic mass is 10.0. The Morgan fingerprint density at radius 3 is 2.40 bits per heavy atom. The predicted octanol–water partition coefficient (Wildman–Crippen LogP) is 3.47. The zero-order chi connectivity index (χ0) is 25.4. The van der Waals surface area contributed by atoms with Crippen molar-refractivity contribution in [3.8, 4) is 0 Å². The van der Waals surface area contributed by atoms with E-state index < -0.39 is 39.8 Å². The zero-order valence-corrected chi connectivity index (χ0v) is 19.6. The molecule has 0 atom stereocenters. The molecule has 0 unspecified atom stereocenters. The second-order valence-electron chi connectivity index (χ2n) is 8.57. The Hall–Kier alpha value is -3.25. The largest absolute Gasteiger partial charge is 0.416 e. The summed E-state index contributed by atoms with van der Waals surface area (Å²) in [7, 11) is -3.79. The molecule has 1 saturated heterocycles. The number of amides is 1. The fourth-order valence-corrected chi connectivity index (χ4v) is 5.38. The van der Waals surface area contributed by atoms with Crippen molar-refractivity contribution in [2.45, 2.75) is 37.4 Å². The Bertz CT molecular complexity index is 1410. The minimum Gasteiger partial charge on any atom is -0.325 e. The fourth-order valence-electron chi connectivity index (χ4n) is 3.88. The molecule has 1 amide bonds. The molecule has 1 aliphatic rings. The van der Waals surface area contributed by atoms with Crippen LogP contribution in [0, 0.1) is 5.92 Å². The maximum atomic E-state index is 13.1. The lowest BCUT2D eigenvalue weighted by molar-refractivity contribution is -0.137. The SMILES string of the molecule is CC1CCN(S(=O)(=O)c2ccc3ncn(CC(=O)Nc4ccc(C(F)(F)F)cc4)c(=O)c3c2)CC1. The zero-order valence-electron chi connectivity index (χ0n) is 18.7. The van der Waals surface area contributed by atoms with Gasteiger partial charge in [0.1, 0.15) is 6.54 Å². The summed E-state index contributed by atoms with van der Waals surface area (Å²) in [6.45, 7) is 2.43. The van der Waals surface area contributed by atoms with E-state index in [0.717, 1.165) is 48.0 Å². The Morgan fingerprint density at radius 2 is 1.77 bits per heavy atom. The van der Waals surface area contributed by atoms with Crippen LogP contribution in [-0.4, -0.2) is 41.3 Å². The maximum absolute atomic E-state index is 13.1. The van der Waals surface area contributed by atoms with Gasteiger partial charge in [-0.15, -0.1) is 0 Å². The highest BCUT2D eigenvalue weighted by atomic mass is 32.2. The topological polar surface area (TPSA) is 101 Å². The summed E-state index contributed by atoms with van der Waals surface area (Å²) in [5.41, 5.74) is -1.05. The normalized spacial score (nSPS) is 15.9. The molecule has 0 bridgehead atoms. The number of hydrogen-bond donors (Lipinski definition) is 1. The minimum absolute atomic E-state index is 0.0228. The van der Waals surface area contributed by atoms with Gasteiger partial charge in [0.05, 0.1) is 27.7 Å². The smallest absolute Gasteiger partial charge is 0.325 e. The van der Waals surface area contributed by atoms with Gasteiger partial charge in [-0.25, -0.2) is 13.4 Å². The van der Waals surface area contributed by atoms with Gasteiger partial charge < -0.3 is 5.32 Å². The van der Waals surface area contributed by atoms with Crippen molar-refractivity contribution in [2.24, 2.45) is 5.92 Å². The van der Waals surface area contributed by atoms with Crippen LogP contribution in [0.2, 0.25) is 0 Å². The van der Waals surface area contributed by atoms with Crippen molar-refractivity contribution in [1.29, 1.82) is 0 Å². The van der Waals surface area contributed by atoms with Gasteiger partial charge in [-0.3, -0.25) is 14.2 Å². The standard InChI is InChI=1S/C23H23F3N4O4S/c1-15-8-10-30(11-9-15)35(33,34)18-6-7-20-19(12-18)22(32)29(14-27-20)13-21(31)28-17-4-2-16(3-5-17)23(24,25)26/h2-7,12,14-15H,8-11,13H2,1H3,(H,28,31). The highest BCUT2D eigenvalue weighted by Crippen LogP contribution is 2.30. The second-order valence-corrected chi connectivity index (χ2v) is 10.5. The first-order valence-electron chi connectivity index (χ1n) is 10.9. The molecule has 3 aromatic rings. The lowest BCUT2D eigenvalue weighted by Crippen LogP contribution is -2.38. The summed E-state index contributed by atoms with van der Waals surface area (Å²) in [6.07, 6.45) is -1.81. The highest BCUT2D eigenvalue weighted by molar-refractivity contribution is 7.89. The number of nitrogens with zero attached hydrogens (tertiary/aromatic N) is 3. The summed E-state index contributed by atoms with van der Waals surface area (Å²) in [4.78, 5) is 29.5. The third-order valence-electron chi connectivity index (χ3n) is 5.99. The van der Waals surface area contributed by atoms with E-state index in [1.165, 1.54) is 22.5 Å². The number of hydrogen-bond acceptors (Lipinski definition) is 5. The molecular formula is C23H23F3N4O4S. The number of benzene rings is 2. The first-order chi connectivity index (χ1) is 16.4. The molecule has 1 aliphatic heterocycles. The number of alkyl halides is 3. The van der Waals surface area contributed by atoms with E-state index in [1.54, 1.807) is 0 Å². The first-order valence-corrected chi connectivity index (χ1v) is 12.4. The molecule has 2 aromatic carbocycles. The Kier molecular flexibility index (Phi) is 6.69. The molecule has 4 rings (SSSR count). The number of piperidine rings is 1. The van der Waals surface area contributed by atoms with Crippen molar-refractivity contribution in [1.82, 2.24) is 13.9 Å². The Morgan fingerprint density at radius 1 is 1.11 bits per heavy atom. The number of sulfonamides is 1. The molecule has 0 spiro atoms. The number of carbonyl (C=O) groups excluding carboxylic acids is 1. The van der Waals surface area contributed by atoms with Gasteiger partial charge in [-0.05, 0) is 61.2 Å². The van der Waals surface area contributed by atoms with Gasteiger partial charge in [-0.2, -0.15) is 17.5 Å². The molecule has 2 heterocycles. The van der Waals surface area contributed by atoms with E-state index in [-0.39, 0.29) is 21.5 Å². The summed E-state index contributed by atoms with van der Waals surface area (Å²) in [5.74, 6) is -0.206. The number of rotatable bonds is 5. The molecule has 186 valence electrons. The maximum Gasteiger partial charge on any atom is 0.416 e. The summed E-state index contributed by atoms with van der Waals surface area (Å²) in [5, 5.41) is 2.47. The van der Waals surface area contributed by atoms with E-state index in [9.17, 15) is 31.2 Å². The molecule has 1 aromatic heterocycles. The van der Waals surface area contributed by atoms with Crippen molar-refractivity contribution in [3.05, 3.63) is 64.7 Å². The van der Waals surface area contributed by atoms with Crippen LogP contribution >= 0.6 is 0 Å². The minimum atomic E-state index is -4.49. The van der Waals surface area contributed by atoms with E-state index in [0.29, 0.717) is 19.0 Å². The molecule has 0 radical (unpaired) electrons. The molecule has 8 nitrogen and oxygen atoms in total. The molecule has 1 fully saturated rings. The fraction of sp³-hybridized carbons (Fsp3) is 0.348. The van der Waals surface area contributed by atoms with E-state index in [2.05, 4.69) is 17.2 Å². The molecular weight excluding hydrogens is 485 g/mol. The van der Waals surface area contributed by atoms with Gasteiger partial charge in [-0.1, -0.05) is 6.92 Å². The second kappa shape index (κ2) is 9.42. The summed E-state index contributed by atoms with van der Waals surface area (Å²) >= 11 is 0. The van der Waals surface area contributed by atoms with Crippen LogP contribution in [0.3, 0.4) is 0 Å². The van der Waals surface area contributed by atoms with Crippen molar-refractivity contribution < 1.29 is 26.4 Å². The number of nitrogens with one attached hydrogen (secondary N) is 1. The number of aromatic nitrogens is 2. The Balaban J connectivity index is 1.55. The quantitative estimate of drug-likeness (QED) is 0.569. The summed E-state index contributed by atoms with van der Waals surface area (Å²) in [6, 6.07) is 8.02. The van der Waals surface area contributed by atoms with Crippen LogP contribution in [0.15, 0.2) is 58.5 Å². The molecule has 0 saturated carbocycles. The third-order valence-corrected chi connectivity index (χ3v) is 7.88. The highest BCUT2D eigenvalue weighted by Gasteiger charge is 2.30. The van der Waals surface area contributed by atoms with Gasteiger partial charge in [0.2, 0.25) is 15.9 Å². The molecule has 0 aliphatic carbocycles. The lowest BCUT2D eigenvalue weighted by Gasteiger charge is -2.29. The molecule has 35 heavy (non-hydrogen) atoms. The van der Waals surface area contributed by atoms with E-state index in [4.69, 9.17) is 0 Å². The predicted molar refractivity (Wildman–Crippen MR) is 123 cm³/mol. The van der Waals surface area contributed by atoms with Crippen molar-refractivity contribution in [3.63, 3.8) is 0 Å². The van der Waals surface area contributed by atoms with Gasteiger partial charge in [0.15, 0.2) is 0 Å². The number of fused-ring (bicyclic) bond motifs is 1. The van der Waals surface area contributed by atoms with Crippen LogP contribution in [0.5, 0.6) is 0 Å². The van der Waals surface area contributed by atoms with E-state index in [1.807, 2.05) is 0 Å². The molecule has 12 heteroatoms. The van der Waals surface area contributed by atoms with Crippen LogP contribution in [0.4, 0.5) is 18.9 Å². The molecule has 1 N–H and O–H groups in total. The first kappa shape index (κ1) is 24.9. The van der Waals surface area contributed by atoms with Crippen LogP contribution in [0.1, 0.15) is 25.3 Å². The Labute approximate surface area is 199 Å². The van der Waals surface area contributed by atoms with Crippen LogP contribution < -0.4 is 10.9 Å². The van der Waals surface area contributed by atoms with Crippen LogP contribution in [0.25, 0.3) is 10.9 Å². The van der Waals surface area contributed by atoms with Crippen LogP contribution in [-0.2, 0) is 27.5 Å². The van der Waals surface area contributed by atoms with Crippen molar-refractivity contribution >= 4 is 32.5 Å². The monoisotopic (exact) mass is 508 g/mol. The third kappa shape index (κ3) is 5.38. The van der Waals surface area contributed by atoms with Gasteiger partial charge >= 0.3 is 6.18 Å². The average Bonchev–Trinajstić information content (AvgIpc) is 2.81. The van der Waals surface area contributed by atoms with Crippen molar-refractivity contribution in [2.75, 3.05) is 18.4 Å². The van der Waals surface area contributed by atoms with Gasteiger partial charge in [0, 0.05) is 18.8 Å². The summed E-state index contributed by atoms with van der Waals surface area (Å²) < 4.78 is 66.6. The number of anilines is 1. The number of carbonyl (C=O) groups is 1. The number of halogens is 3. The average molecular weight is 509 g/mol. The van der Waals surface area contributed by atoms with E-state index >= 15 is 0 Å².